The van der Waals surface area contributed by atoms with Gasteiger partial charge in [-0.15, -0.1) is 0 Å². The first-order valence-corrected chi connectivity index (χ1v) is 12.0. The number of amides is 2. The summed E-state index contributed by atoms with van der Waals surface area (Å²) >= 11 is 0. The van der Waals surface area contributed by atoms with Crippen molar-refractivity contribution < 1.29 is 52.4 Å². The fraction of sp³-hybridized carbons (Fsp3) is 0.792. The standard InChI is InChI=1S/C13H21NO6.C11H17NO5.2H2S/c1-12(2,3)20-11(16)14-8-13(18-5-6-19-13)7-9(14)10(15)17-4;1-11(2,3)17-10(15)12-6-7(13)5-8(12)9(14)16-4;;/h9H,5-8H2,1-4H3;8H,5-6H2,1-4H3;2*1H2/t9-;8-;;/m00../s1. The van der Waals surface area contributed by atoms with E-state index in [4.69, 9.17) is 23.7 Å². The Bertz CT molecular complexity index is 895. The maximum absolute atomic E-state index is 12.2. The van der Waals surface area contributed by atoms with Gasteiger partial charge in [0.1, 0.15) is 23.3 Å². The highest BCUT2D eigenvalue weighted by molar-refractivity contribution is 7.59. The van der Waals surface area contributed by atoms with E-state index in [1.807, 2.05) is 0 Å². The molecule has 3 saturated heterocycles. The second-order valence-corrected chi connectivity index (χ2v) is 10.8. The molecule has 2 amide bonds. The van der Waals surface area contributed by atoms with E-state index in [-0.39, 0.29) is 58.7 Å². The third-order valence-corrected chi connectivity index (χ3v) is 5.45. The lowest BCUT2D eigenvalue weighted by Crippen LogP contribution is -2.44. The molecule has 1 spiro atoms. The van der Waals surface area contributed by atoms with Crippen molar-refractivity contribution in [1.82, 2.24) is 9.80 Å². The molecule has 0 N–H and O–H groups in total. The summed E-state index contributed by atoms with van der Waals surface area (Å²) in [5, 5.41) is 0. The normalized spacial score (nSPS) is 21.7. The van der Waals surface area contributed by atoms with Crippen LogP contribution in [0.15, 0.2) is 0 Å². The van der Waals surface area contributed by atoms with Crippen molar-refractivity contribution in [3.05, 3.63) is 0 Å². The number of esters is 2. The molecular weight excluding hydrogens is 556 g/mol. The maximum Gasteiger partial charge on any atom is 0.411 e. The zero-order valence-corrected chi connectivity index (χ0v) is 25.8. The summed E-state index contributed by atoms with van der Waals surface area (Å²) in [5.74, 6) is -2.17. The van der Waals surface area contributed by atoms with Crippen LogP contribution in [0.4, 0.5) is 9.59 Å². The number of rotatable bonds is 2. The topological polar surface area (TPSA) is 147 Å². The number of ketones is 1. The summed E-state index contributed by atoms with van der Waals surface area (Å²) in [7, 11) is 2.51. The minimum absolute atomic E-state index is 0. The molecule has 0 aromatic rings. The molecule has 0 radical (unpaired) electrons. The van der Waals surface area contributed by atoms with Crippen LogP contribution in [0, 0.1) is 0 Å². The van der Waals surface area contributed by atoms with Crippen LogP contribution >= 0.6 is 27.0 Å². The first-order valence-electron chi connectivity index (χ1n) is 12.0. The number of carbonyl (C=O) groups excluding carboxylic acids is 5. The molecule has 3 aliphatic heterocycles. The minimum Gasteiger partial charge on any atom is -0.467 e. The average Bonchev–Trinajstić information content (AvgIpc) is 3.50. The smallest absolute Gasteiger partial charge is 0.411 e. The van der Waals surface area contributed by atoms with Gasteiger partial charge in [0.15, 0.2) is 11.6 Å². The van der Waals surface area contributed by atoms with E-state index in [2.05, 4.69) is 4.74 Å². The van der Waals surface area contributed by atoms with E-state index < -0.39 is 53.2 Å². The van der Waals surface area contributed by atoms with Crippen molar-refractivity contribution >= 4 is 56.9 Å². The van der Waals surface area contributed by atoms with Gasteiger partial charge >= 0.3 is 24.1 Å². The Hall–Kier alpha value is -2.23. The van der Waals surface area contributed by atoms with Crippen molar-refractivity contribution in [2.75, 3.05) is 40.5 Å². The average molecular weight is 599 g/mol. The van der Waals surface area contributed by atoms with Crippen molar-refractivity contribution in [2.45, 2.75) is 83.5 Å². The van der Waals surface area contributed by atoms with Gasteiger partial charge in [-0.25, -0.2) is 19.2 Å². The number of hydrogen-bond acceptors (Lipinski definition) is 11. The quantitative estimate of drug-likeness (QED) is 0.339. The van der Waals surface area contributed by atoms with Gasteiger partial charge in [-0.2, -0.15) is 27.0 Å². The molecule has 3 rings (SSSR count). The van der Waals surface area contributed by atoms with Gasteiger partial charge in [-0.3, -0.25) is 14.6 Å². The molecule has 3 aliphatic rings. The van der Waals surface area contributed by atoms with Crippen LogP contribution in [0.1, 0.15) is 54.4 Å². The number of carbonyl (C=O) groups is 5. The molecule has 15 heteroatoms. The van der Waals surface area contributed by atoms with Gasteiger partial charge in [0.05, 0.1) is 40.5 Å². The van der Waals surface area contributed by atoms with E-state index in [0.29, 0.717) is 13.2 Å². The van der Waals surface area contributed by atoms with Crippen molar-refractivity contribution in [2.24, 2.45) is 0 Å². The molecular formula is C24H42N2O11S2. The molecule has 3 heterocycles. The molecule has 226 valence electrons. The van der Waals surface area contributed by atoms with Crippen LogP contribution < -0.4 is 0 Å². The number of nitrogens with zero attached hydrogens (tertiary/aromatic N) is 2. The monoisotopic (exact) mass is 598 g/mol. The number of Topliss-reactive ketones (excluding diaryl/α,β-unsaturated/α-hetero) is 1. The van der Waals surface area contributed by atoms with Gasteiger partial charge in [0.2, 0.25) is 0 Å². The Morgan fingerprint density at radius 2 is 1.23 bits per heavy atom. The molecule has 39 heavy (non-hydrogen) atoms. The van der Waals surface area contributed by atoms with E-state index in [1.165, 1.54) is 19.1 Å². The number of likely N-dealkylation sites (tertiary alicyclic amines) is 2. The third-order valence-electron chi connectivity index (χ3n) is 5.45. The van der Waals surface area contributed by atoms with E-state index in [0.717, 1.165) is 4.90 Å². The van der Waals surface area contributed by atoms with Gasteiger partial charge < -0.3 is 28.4 Å². The molecule has 3 fully saturated rings. The minimum atomic E-state index is -0.907. The lowest BCUT2D eigenvalue weighted by atomic mass is 10.1. The molecule has 0 aromatic heterocycles. The van der Waals surface area contributed by atoms with Gasteiger partial charge in [0, 0.05) is 12.8 Å². The van der Waals surface area contributed by atoms with Crippen LogP contribution in [0.2, 0.25) is 0 Å². The first-order chi connectivity index (χ1) is 17.0. The Morgan fingerprint density at radius 3 is 1.67 bits per heavy atom. The predicted molar refractivity (Wildman–Crippen MR) is 147 cm³/mol. The fourth-order valence-electron chi connectivity index (χ4n) is 3.95. The van der Waals surface area contributed by atoms with Gasteiger partial charge in [-0.05, 0) is 41.5 Å². The Labute approximate surface area is 243 Å². The van der Waals surface area contributed by atoms with Crippen LogP contribution in [0.3, 0.4) is 0 Å². The zero-order valence-electron chi connectivity index (χ0n) is 23.8. The highest BCUT2D eigenvalue weighted by Gasteiger charge is 2.54. The van der Waals surface area contributed by atoms with Crippen molar-refractivity contribution in [3.8, 4) is 0 Å². The number of ether oxygens (including phenoxy) is 6. The van der Waals surface area contributed by atoms with E-state index >= 15 is 0 Å². The second kappa shape index (κ2) is 14.4. The summed E-state index contributed by atoms with van der Waals surface area (Å²) in [4.78, 5) is 61.0. The molecule has 0 saturated carbocycles. The lowest BCUT2D eigenvalue weighted by Gasteiger charge is -2.27. The van der Waals surface area contributed by atoms with Crippen molar-refractivity contribution in [3.63, 3.8) is 0 Å². The van der Waals surface area contributed by atoms with Gasteiger partial charge in [-0.1, -0.05) is 0 Å². The van der Waals surface area contributed by atoms with E-state index in [9.17, 15) is 24.0 Å². The molecule has 13 nitrogen and oxygen atoms in total. The number of methoxy groups -OCH3 is 2. The van der Waals surface area contributed by atoms with E-state index in [1.54, 1.807) is 41.5 Å². The first kappa shape index (κ1) is 36.8. The highest BCUT2D eigenvalue weighted by atomic mass is 32.1. The summed E-state index contributed by atoms with van der Waals surface area (Å²) < 4.78 is 30.9. The van der Waals surface area contributed by atoms with Crippen molar-refractivity contribution in [1.29, 1.82) is 0 Å². The third kappa shape index (κ3) is 10.4. The molecule has 0 bridgehead atoms. The summed E-state index contributed by atoms with van der Waals surface area (Å²) in [5.41, 5.74) is -1.30. The second-order valence-electron chi connectivity index (χ2n) is 10.8. The molecule has 0 aromatic carbocycles. The largest absolute Gasteiger partial charge is 0.467 e. The SMILES string of the molecule is COC(=O)[C@@H]1CC(=O)CN1C(=O)OC(C)(C)C.COC(=O)[C@@H]1CC2(CN1C(=O)OC(C)(C)C)OCCO2.S.S. The van der Waals surface area contributed by atoms with Crippen LogP contribution in [0.5, 0.6) is 0 Å². The molecule has 2 atom stereocenters. The maximum atomic E-state index is 12.2. The zero-order chi connectivity index (χ0) is 28.2. The fourth-order valence-corrected chi connectivity index (χ4v) is 3.95. The van der Waals surface area contributed by atoms with Crippen LogP contribution in [-0.2, 0) is 42.8 Å². The predicted octanol–water partition coefficient (Wildman–Crippen LogP) is 1.88. The van der Waals surface area contributed by atoms with Crippen LogP contribution in [-0.4, -0.2) is 109 Å². The lowest BCUT2D eigenvalue weighted by molar-refractivity contribution is -0.152. The Morgan fingerprint density at radius 1 is 0.795 bits per heavy atom. The summed E-state index contributed by atoms with van der Waals surface area (Å²) in [6.45, 7) is 11.4. The summed E-state index contributed by atoms with van der Waals surface area (Å²) in [6.07, 6.45) is -0.979. The molecule has 0 unspecified atom stereocenters. The van der Waals surface area contributed by atoms with Gasteiger partial charge in [0.25, 0.3) is 0 Å². The Balaban J connectivity index is 0.000000714. The number of hydrogen-bond donors (Lipinski definition) is 0. The highest BCUT2D eigenvalue weighted by Crippen LogP contribution is 2.36. The molecule has 0 aliphatic carbocycles. The summed E-state index contributed by atoms with van der Waals surface area (Å²) in [6, 6.07) is -1.60. The van der Waals surface area contributed by atoms with Crippen LogP contribution in [0.25, 0.3) is 0 Å². The Kier molecular flexibility index (Phi) is 13.6.